The molecule has 8 heteroatoms. The number of carbonyl (C=O) groups is 1. The number of piperidine rings is 1. The van der Waals surface area contributed by atoms with E-state index in [0.29, 0.717) is 17.4 Å². The fourth-order valence-electron chi connectivity index (χ4n) is 3.55. The molecule has 0 atom stereocenters. The Hall–Kier alpha value is -2.19. The Bertz CT molecular complexity index is 938. The summed E-state index contributed by atoms with van der Waals surface area (Å²) in [6, 6.07) is 10.6. The highest BCUT2D eigenvalue weighted by Crippen LogP contribution is 2.30. The number of likely N-dealkylation sites (tertiary alicyclic amines) is 1. The van der Waals surface area contributed by atoms with E-state index in [1.54, 1.807) is 23.1 Å². The van der Waals surface area contributed by atoms with Crippen molar-refractivity contribution >= 4 is 45.2 Å². The second kappa shape index (κ2) is 8.87. The van der Waals surface area contributed by atoms with Gasteiger partial charge in [-0.05, 0) is 37.0 Å². The summed E-state index contributed by atoms with van der Waals surface area (Å²) in [7, 11) is 0. The molecule has 0 bridgehead atoms. The summed E-state index contributed by atoms with van der Waals surface area (Å²) in [5.74, 6) is 1.47. The third-order valence-electron chi connectivity index (χ3n) is 5.09. The van der Waals surface area contributed by atoms with E-state index in [1.165, 1.54) is 11.9 Å². The predicted molar refractivity (Wildman–Crippen MR) is 115 cm³/mol. The van der Waals surface area contributed by atoms with E-state index in [9.17, 15) is 4.79 Å². The topological polar surface area (TPSA) is 71.0 Å². The normalized spacial score (nSPS) is 15.1. The lowest BCUT2D eigenvalue weighted by Gasteiger charge is -2.32. The third-order valence-corrected chi connectivity index (χ3v) is 7.12. The maximum Gasteiger partial charge on any atom is 0.241 e. The Kier molecular flexibility index (Phi) is 6.07. The standard InChI is InChI=1S/C20H23N5OS2/c1-27-20-24-19-17(28-20)18(22-13-23-19)21-12-16(26)25-9-7-15(8-10-25)11-14-5-3-2-4-6-14/h2-6,13,15H,7-12H2,1H3,(H,21,22,23). The molecule has 1 aliphatic heterocycles. The molecule has 1 N–H and O–H groups in total. The predicted octanol–water partition coefficient (Wildman–Crippen LogP) is 3.70. The highest BCUT2D eigenvalue weighted by Gasteiger charge is 2.23. The monoisotopic (exact) mass is 413 g/mol. The molecule has 0 aliphatic carbocycles. The number of fused-ring (bicyclic) bond motifs is 1. The number of hydrogen-bond donors (Lipinski definition) is 1. The van der Waals surface area contributed by atoms with E-state index in [-0.39, 0.29) is 12.5 Å². The molecule has 0 spiro atoms. The fraction of sp³-hybridized carbons (Fsp3) is 0.400. The number of hydrogen-bond acceptors (Lipinski definition) is 7. The first-order chi connectivity index (χ1) is 13.7. The number of thioether (sulfide) groups is 1. The average molecular weight is 414 g/mol. The largest absolute Gasteiger partial charge is 0.360 e. The lowest BCUT2D eigenvalue weighted by Crippen LogP contribution is -2.41. The van der Waals surface area contributed by atoms with Crippen LogP contribution < -0.4 is 5.32 Å². The van der Waals surface area contributed by atoms with Crippen molar-refractivity contribution < 1.29 is 4.79 Å². The van der Waals surface area contributed by atoms with E-state index in [1.807, 2.05) is 11.2 Å². The van der Waals surface area contributed by atoms with Crippen LogP contribution in [0.5, 0.6) is 0 Å². The Morgan fingerprint density at radius 3 is 2.79 bits per heavy atom. The van der Waals surface area contributed by atoms with Crippen LogP contribution in [0.25, 0.3) is 10.3 Å². The second-order valence-corrected chi connectivity index (χ2v) is 8.98. The van der Waals surface area contributed by atoms with Gasteiger partial charge in [0, 0.05) is 13.1 Å². The summed E-state index contributed by atoms with van der Waals surface area (Å²) in [5, 5.41) is 3.19. The van der Waals surface area contributed by atoms with Crippen molar-refractivity contribution in [1.29, 1.82) is 0 Å². The molecule has 1 saturated heterocycles. The summed E-state index contributed by atoms with van der Waals surface area (Å²) < 4.78 is 1.85. The van der Waals surface area contributed by atoms with Crippen molar-refractivity contribution in [3.63, 3.8) is 0 Å². The minimum Gasteiger partial charge on any atom is -0.360 e. The molecule has 1 fully saturated rings. The van der Waals surface area contributed by atoms with Crippen molar-refractivity contribution in [1.82, 2.24) is 19.9 Å². The number of benzene rings is 1. The first kappa shape index (κ1) is 19.1. The van der Waals surface area contributed by atoms with E-state index in [2.05, 4.69) is 50.6 Å². The minimum absolute atomic E-state index is 0.125. The van der Waals surface area contributed by atoms with Gasteiger partial charge < -0.3 is 10.2 Å². The Labute approximate surface area is 172 Å². The van der Waals surface area contributed by atoms with Crippen LogP contribution in [0.4, 0.5) is 5.82 Å². The molecule has 1 aromatic carbocycles. The number of carbonyl (C=O) groups excluding carboxylic acids is 1. The number of nitrogens with zero attached hydrogens (tertiary/aromatic N) is 4. The van der Waals surface area contributed by atoms with Crippen LogP contribution in [0.3, 0.4) is 0 Å². The smallest absolute Gasteiger partial charge is 0.241 e. The summed E-state index contributed by atoms with van der Waals surface area (Å²) in [6.07, 6.45) is 6.70. The number of thiazole rings is 1. The minimum atomic E-state index is 0.125. The van der Waals surface area contributed by atoms with E-state index < -0.39 is 0 Å². The SMILES string of the molecule is CSc1nc2ncnc(NCC(=O)N3CCC(Cc4ccccc4)CC3)c2s1. The lowest BCUT2D eigenvalue weighted by molar-refractivity contribution is -0.130. The van der Waals surface area contributed by atoms with Gasteiger partial charge in [0.25, 0.3) is 0 Å². The molecule has 0 radical (unpaired) electrons. The summed E-state index contributed by atoms with van der Waals surface area (Å²) >= 11 is 3.14. The zero-order valence-corrected chi connectivity index (χ0v) is 17.4. The van der Waals surface area contributed by atoms with Gasteiger partial charge in [0.1, 0.15) is 16.8 Å². The Morgan fingerprint density at radius 2 is 2.04 bits per heavy atom. The van der Waals surface area contributed by atoms with Crippen molar-refractivity contribution in [2.45, 2.75) is 23.6 Å². The summed E-state index contributed by atoms with van der Waals surface area (Å²) in [6.45, 7) is 1.91. The Balaban J connectivity index is 1.30. The van der Waals surface area contributed by atoms with Gasteiger partial charge in [0.2, 0.25) is 5.91 Å². The summed E-state index contributed by atoms with van der Waals surface area (Å²) in [5.41, 5.74) is 2.07. The number of aromatic nitrogens is 3. The van der Waals surface area contributed by atoms with Crippen LogP contribution in [0, 0.1) is 5.92 Å². The number of amides is 1. The van der Waals surface area contributed by atoms with Gasteiger partial charge in [-0.2, -0.15) is 0 Å². The molecule has 146 valence electrons. The highest BCUT2D eigenvalue weighted by molar-refractivity contribution is 8.00. The highest BCUT2D eigenvalue weighted by atomic mass is 32.2. The molecule has 3 heterocycles. The first-order valence-corrected chi connectivity index (χ1v) is 11.5. The van der Waals surface area contributed by atoms with Crippen molar-refractivity contribution in [2.24, 2.45) is 5.92 Å². The molecule has 6 nitrogen and oxygen atoms in total. The number of anilines is 1. The first-order valence-electron chi connectivity index (χ1n) is 9.44. The molecule has 28 heavy (non-hydrogen) atoms. The van der Waals surface area contributed by atoms with Crippen LogP contribution in [0.2, 0.25) is 0 Å². The zero-order valence-electron chi connectivity index (χ0n) is 15.8. The molecule has 2 aromatic heterocycles. The van der Waals surface area contributed by atoms with Crippen molar-refractivity contribution in [3.05, 3.63) is 42.2 Å². The van der Waals surface area contributed by atoms with Crippen LogP contribution >= 0.6 is 23.1 Å². The van der Waals surface area contributed by atoms with Crippen molar-refractivity contribution in [3.8, 4) is 0 Å². The maximum absolute atomic E-state index is 12.6. The molecule has 1 amide bonds. The van der Waals surface area contributed by atoms with Gasteiger partial charge in [0.05, 0.1) is 6.54 Å². The molecule has 0 unspecified atom stereocenters. The van der Waals surface area contributed by atoms with Crippen LogP contribution in [0.15, 0.2) is 41.0 Å². The molecular formula is C20H23N5OS2. The number of nitrogens with one attached hydrogen (secondary N) is 1. The van der Waals surface area contributed by atoms with Crippen LogP contribution in [-0.2, 0) is 11.2 Å². The number of rotatable bonds is 6. The van der Waals surface area contributed by atoms with E-state index in [4.69, 9.17) is 0 Å². The van der Waals surface area contributed by atoms with Crippen LogP contribution in [-0.4, -0.2) is 51.6 Å². The van der Waals surface area contributed by atoms with Gasteiger partial charge in [-0.15, -0.1) is 11.3 Å². The Morgan fingerprint density at radius 1 is 1.25 bits per heavy atom. The second-order valence-electron chi connectivity index (χ2n) is 6.93. The fourth-order valence-corrected chi connectivity index (χ4v) is 5.03. The van der Waals surface area contributed by atoms with E-state index >= 15 is 0 Å². The third kappa shape index (κ3) is 4.44. The quantitative estimate of drug-likeness (QED) is 0.622. The molecule has 1 aliphatic rings. The molecule has 0 saturated carbocycles. The van der Waals surface area contributed by atoms with Gasteiger partial charge in [-0.25, -0.2) is 15.0 Å². The molecular weight excluding hydrogens is 390 g/mol. The molecule has 3 aromatic rings. The van der Waals surface area contributed by atoms with Gasteiger partial charge in [0.15, 0.2) is 9.99 Å². The van der Waals surface area contributed by atoms with E-state index in [0.717, 1.165) is 41.4 Å². The summed E-state index contributed by atoms with van der Waals surface area (Å²) in [4.78, 5) is 27.6. The van der Waals surface area contributed by atoms with Gasteiger partial charge >= 0.3 is 0 Å². The van der Waals surface area contributed by atoms with Gasteiger partial charge in [-0.3, -0.25) is 4.79 Å². The van der Waals surface area contributed by atoms with Crippen molar-refractivity contribution in [2.75, 3.05) is 31.2 Å². The van der Waals surface area contributed by atoms with Crippen LogP contribution in [0.1, 0.15) is 18.4 Å². The lowest BCUT2D eigenvalue weighted by atomic mass is 9.90. The zero-order chi connectivity index (χ0) is 19.3. The van der Waals surface area contributed by atoms with Gasteiger partial charge in [-0.1, -0.05) is 42.1 Å². The molecule has 4 rings (SSSR count). The average Bonchev–Trinajstić information content (AvgIpc) is 3.17. The maximum atomic E-state index is 12.6.